The highest BCUT2D eigenvalue weighted by atomic mass is 35.5. The van der Waals surface area contributed by atoms with E-state index in [1.54, 1.807) is 26.1 Å². The summed E-state index contributed by atoms with van der Waals surface area (Å²) < 4.78 is 1.93. The molecule has 3 rings (SSSR count). The minimum Gasteiger partial charge on any atom is -0.481 e. The number of fused-ring (bicyclic) bond motifs is 1. The lowest BCUT2D eigenvalue weighted by molar-refractivity contribution is -0.146. The third-order valence-electron chi connectivity index (χ3n) is 4.06. The molecule has 0 unspecified atom stereocenters. The molecule has 0 atom stereocenters. The van der Waals surface area contributed by atoms with Crippen molar-refractivity contribution in [3.8, 4) is 0 Å². The molecular weight excluding hydrogens is 361 g/mol. The van der Waals surface area contributed by atoms with E-state index in [1.807, 2.05) is 28.8 Å². The summed E-state index contributed by atoms with van der Waals surface area (Å²) in [5.41, 5.74) is 1.41. The lowest BCUT2D eigenvalue weighted by atomic mass is 9.89. The minimum absolute atomic E-state index is 0.282. The van der Waals surface area contributed by atoms with Crippen LogP contribution < -0.4 is 0 Å². The number of nitrogens with zero attached hydrogens (tertiary/aromatic N) is 3. The minimum atomic E-state index is -0.942. The van der Waals surface area contributed by atoms with Gasteiger partial charge in [0.2, 0.25) is 0 Å². The molecule has 25 heavy (non-hydrogen) atoms. The summed E-state index contributed by atoms with van der Waals surface area (Å²) in [4.78, 5) is 20.5. The molecule has 0 bridgehead atoms. The van der Waals surface area contributed by atoms with Gasteiger partial charge in [-0.1, -0.05) is 35.3 Å². The summed E-state index contributed by atoms with van der Waals surface area (Å²) in [6, 6.07) is 9.23. The highest BCUT2D eigenvalue weighted by Gasteiger charge is 2.30. The Hall–Kier alpha value is -2.11. The zero-order chi connectivity index (χ0) is 18.2. The SMILES string of the molecule is CC(C)(Cc1nc2cc(Cl)cnc2n1Cc1ccc(Cl)cc1)C(=O)O. The topological polar surface area (TPSA) is 68.0 Å². The number of carbonyl (C=O) groups is 1. The molecule has 0 fully saturated rings. The molecule has 0 saturated heterocycles. The first-order chi connectivity index (χ1) is 11.8. The predicted octanol–water partition coefficient (Wildman–Crippen LogP) is 4.44. The third kappa shape index (κ3) is 3.78. The van der Waals surface area contributed by atoms with E-state index in [0.29, 0.717) is 33.6 Å². The second-order valence-electron chi connectivity index (χ2n) is 6.60. The summed E-state index contributed by atoms with van der Waals surface area (Å²) in [6.45, 7) is 3.89. The maximum absolute atomic E-state index is 11.5. The number of aromatic nitrogens is 3. The van der Waals surface area contributed by atoms with Gasteiger partial charge in [0.25, 0.3) is 0 Å². The molecule has 1 aromatic carbocycles. The standard InChI is InChI=1S/C18H17Cl2N3O2/c1-18(2,17(24)25)8-15-22-14-7-13(20)9-21-16(14)23(15)10-11-3-5-12(19)6-4-11/h3-7,9H,8,10H2,1-2H3,(H,24,25). The van der Waals surface area contributed by atoms with Crippen LogP contribution in [-0.4, -0.2) is 25.6 Å². The Bertz CT molecular complexity index is 933. The monoisotopic (exact) mass is 377 g/mol. The Balaban J connectivity index is 2.08. The van der Waals surface area contributed by atoms with E-state index in [4.69, 9.17) is 23.2 Å². The summed E-state index contributed by atoms with van der Waals surface area (Å²) in [5.74, 6) is -0.212. The van der Waals surface area contributed by atoms with Crippen molar-refractivity contribution in [2.45, 2.75) is 26.8 Å². The van der Waals surface area contributed by atoms with E-state index in [-0.39, 0.29) is 6.42 Å². The summed E-state index contributed by atoms with van der Waals surface area (Å²) >= 11 is 12.0. The van der Waals surface area contributed by atoms with Crippen molar-refractivity contribution < 1.29 is 9.90 Å². The number of hydrogen-bond donors (Lipinski definition) is 1. The van der Waals surface area contributed by atoms with E-state index < -0.39 is 11.4 Å². The number of hydrogen-bond acceptors (Lipinski definition) is 3. The average molecular weight is 378 g/mol. The molecule has 1 N–H and O–H groups in total. The Morgan fingerprint density at radius 2 is 1.88 bits per heavy atom. The second kappa shape index (κ2) is 6.65. The first-order valence-electron chi connectivity index (χ1n) is 7.75. The fourth-order valence-electron chi connectivity index (χ4n) is 2.58. The first-order valence-corrected chi connectivity index (χ1v) is 8.50. The smallest absolute Gasteiger partial charge is 0.309 e. The predicted molar refractivity (Wildman–Crippen MR) is 98.2 cm³/mol. The Kier molecular flexibility index (Phi) is 4.71. The Morgan fingerprint density at radius 3 is 2.52 bits per heavy atom. The molecule has 2 aromatic heterocycles. The Labute approximate surface area is 155 Å². The van der Waals surface area contributed by atoms with Gasteiger partial charge in [0, 0.05) is 17.6 Å². The third-order valence-corrected chi connectivity index (χ3v) is 4.52. The fraction of sp³-hybridized carbons (Fsp3) is 0.278. The van der Waals surface area contributed by atoms with Crippen LogP contribution in [0.3, 0.4) is 0 Å². The van der Waals surface area contributed by atoms with E-state index in [2.05, 4.69) is 9.97 Å². The van der Waals surface area contributed by atoms with Crippen LogP contribution in [0.4, 0.5) is 0 Å². The number of benzene rings is 1. The fourth-order valence-corrected chi connectivity index (χ4v) is 2.86. The van der Waals surface area contributed by atoms with Gasteiger partial charge in [0.05, 0.1) is 17.0 Å². The van der Waals surface area contributed by atoms with Crippen LogP contribution in [-0.2, 0) is 17.8 Å². The van der Waals surface area contributed by atoms with Crippen molar-refractivity contribution in [1.29, 1.82) is 0 Å². The molecule has 0 spiro atoms. The summed E-state index contributed by atoms with van der Waals surface area (Å²) in [6.07, 6.45) is 1.85. The average Bonchev–Trinajstić information content (AvgIpc) is 2.85. The van der Waals surface area contributed by atoms with Crippen LogP contribution in [0.5, 0.6) is 0 Å². The van der Waals surface area contributed by atoms with Crippen molar-refractivity contribution in [3.05, 3.63) is 58.0 Å². The van der Waals surface area contributed by atoms with Crippen molar-refractivity contribution in [2.24, 2.45) is 5.41 Å². The van der Waals surface area contributed by atoms with Gasteiger partial charge >= 0.3 is 5.97 Å². The van der Waals surface area contributed by atoms with Crippen LogP contribution in [0.15, 0.2) is 36.5 Å². The van der Waals surface area contributed by atoms with Gasteiger partial charge in [-0.15, -0.1) is 0 Å². The number of carboxylic acid groups (broad SMARTS) is 1. The van der Waals surface area contributed by atoms with Crippen molar-refractivity contribution in [2.75, 3.05) is 0 Å². The van der Waals surface area contributed by atoms with Gasteiger partial charge in [-0.05, 0) is 37.6 Å². The van der Waals surface area contributed by atoms with Gasteiger partial charge in [0.15, 0.2) is 5.65 Å². The lowest BCUT2D eigenvalue weighted by Crippen LogP contribution is -2.28. The van der Waals surface area contributed by atoms with Gasteiger partial charge < -0.3 is 9.67 Å². The molecular formula is C18H17Cl2N3O2. The number of aliphatic carboxylic acids is 1. The number of pyridine rings is 1. The van der Waals surface area contributed by atoms with Crippen molar-refractivity contribution in [1.82, 2.24) is 14.5 Å². The lowest BCUT2D eigenvalue weighted by Gasteiger charge is -2.19. The highest BCUT2D eigenvalue weighted by Crippen LogP contribution is 2.26. The molecule has 0 radical (unpaired) electrons. The molecule has 0 aliphatic heterocycles. The van der Waals surface area contributed by atoms with Gasteiger partial charge in [-0.3, -0.25) is 4.79 Å². The number of rotatable bonds is 5. The number of carboxylic acids is 1. The van der Waals surface area contributed by atoms with E-state index in [9.17, 15) is 9.90 Å². The van der Waals surface area contributed by atoms with Gasteiger partial charge in [0.1, 0.15) is 11.3 Å². The normalized spacial score (nSPS) is 11.8. The zero-order valence-electron chi connectivity index (χ0n) is 13.8. The molecule has 130 valence electrons. The van der Waals surface area contributed by atoms with Crippen molar-refractivity contribution in [3.63, 3.8) is 0 Å². The van der Waals surface area contributed by atoms with E-state index in [1.165, 1.54) is 0 Å². The molecule has 0 amide bonds. The molecule has 2 heterocycles. The largest absolute Gasteiger partial charge is 0.481 e. The molecule has 7 heteroatoms. The van der Waals surface area contributed by atoms with Gasteiger partial charge in [-0.25, -0.2) is 9.97 Å². The summed E-state index contributed by atoms with van der Waals surface area (Å²) in [7, 11) is 0. The highest BCUT2D eigenvalue weighted by molar-refractivity contribution is 6.31. The zero-order valence-corrected chi connectivity index (χ0v) is 15.3. The Morgan fingerprint density at radius 1 is 1.20 bits per heavy atom. The van der Waals surface area contributed by atoms with Crippen LogP contribution in [0.25, 0.3) is 11.2 Å². The van der Waals surface area contributed by atoms with E-state index >= 15 is 0 Å². The molecule has 3 aromatic rings. The second-order valence-corrected chi connectivity index (χ2v) is 7.48. The van der Waals surface area contributed by atoms with Crippen LogP contribution in [0.1, 0.15) is 25.2 Å². The molecule has 0 aliphatic carbocycles. The summed E-state index contributed by atoms with van der Waals surface area (Å²) in [5, 5.41) is 10.6. The van der Waals surface area contributed by atoms with E-state index in [0.717, 1.165) is 5.56 Å². The van der Waals surface area contributed by atoms with Gasteiger partial charge in [-0.2, -0.15) is 0 Å². The van der Waals surface area contributed by atoms with Crippen LogP contribution >= 0.6 is 23.2 Å². The van der Waals surface area contributed by atoms with Crippen molar-refractivity contribution >= 4 is 40.3 Å². The maximum Gasteiger partial charge on any atom is 0.309 e. The molecule has 0 aliphatic rings. The van der Waals surface area contributed by atoms with Crippen LogP contribution in [0.2, 0.25) is 10.0 Å². The van der Waals surface area contributed by atoms with Crippen LogP contribution in [0, 0.1) is 5.41 Å². The molecule has 5 nitrogen and oxygen atoms in total. The molecule has 0 saturated carbocycles. The quantitative estimate of drug-likeness (QED) is 0.713. The first kappa shape index (κ1) is 17.7. The maximum atomic E-state index is 11.5. The number of halogens is 2. The number of imidazole rings is 1.